The summed E-state index contributed by atoms with van der Waals surface area (Å²) >= 11 is 0. The van der Waals surface area contributed by atoms with Gasteiger partial charge in [0.25, 0.3) is 0 Å². The molecule has 0 heterocycles. The van der Waals surface area contributed by atoms with Crippen LogP contribution in [0.25, 0.3) is 6.08 Å². The van der Waals surface area contributed by atoms with Gasteiger partial charge < -0.3 is 10.8 Å². The highest BCUT2D eigenvalue weighted by Crippen LogP contribution is 2.01. The Bertz CT molecular complexity index is 306. The molecule has 1 amide bonds. The van der Waals surface area contributed by atoms with E-state index in [2.05, 4.69) is 0 Å². The van der Waals surface area contributed by atoms with Crippen molar-refractivity contribution < 1.29 is 9.90 Å². The zero-order valence-electron chi connectivity index (χ0n) is 7.05. The maximum atomic E-state index is 10.4. The summed E-state index contributed by atoms with van der Waals surface area (Å²) in [6.45, 7) is 0. The first-order chi connectivity index (χ1) is 6.20. The minimum Gasteiger partial charge on any atom is -0.379 e. The normalized spacial score (nSPS) is 13.0. The van der Waals surface area contributed by atoms with Crippen LogP contribution >= 0.6 is 0 Å². The summed E-state index contributed by atoms with van der Waals surface area (Å²) in [5.74, 6) is -0.743. The molecule has 0 aliphatic rings. The number of aliphatic hydroxyl groups excluding tert-OH is 1. The van der Waals surface area contributed by atoms with Crippen molar-refractivity contribution in [3.05, 3.63) is 42.0 Å². The Morgan fingerprint density at radius 1 is 1.38 bits per heavy atom. The van der Waals surface area contributed by atoms with Gasteiger partial charge in [0.1, 0.15) is 0 Å². The fraction of sp³-hybridized carbons (Fsp3) is 0.100. The maximum Gasteiger partial charge on any atom is 0.250 e. The van der Waals surface area contributed by atoms with Crippen molar-refractivity contribution in [3.8, 4) is 0 Å². The van der Waals surface area contributed by atoms with Crippen molar-refractivity contribution in [3.63, 3.8) is 0 Å². The van der Waals surface area contributed by atoms with Crippen LogP contribution in [0.3, 0.4) is 0 Å². The minimum atomic E-state index is -1.21. The second-order valence-corrected chi connectivity index (χ2v) is 2.62. The first kappa shape index (κ1) is 9.48. The van der Waals surface area contributed by atoms with E-state index in [1.54, 1.807) is 6.08 Å². The van der Waals surface area contributed by atoms with Crippen molar-refractivity contribution >= 4 is 12.0 Å². The molecular formula is C10H11NO2. The lowest BCUT2D eigenvalue weighted by atomic mass is 10.2. The highest BCUT2D eigenvalue weighted by atomic mass is 16.3. The van der Waals surface area contributed by atoms with E-state index in [1.165, 1.54) is 6.08 Å². The van der Waals surface area contributed by atoms with Crippen LogP contribution in [0.2, 0.25) is 0 Å². The van der Waals surface area contributed by atoms with Gasteiger partial charge in [-0.25, -0.2) is 0 Å². The van der Waals surface area contributed by atoms with E-state index in [9.17, 15) is 4.79 Å². The molecule has 0 aromatic heterocycles. The molecule has 0 bridgehead atoms. The van der Waals surface area contributed by atoms with E-state index in [4.69, 9.17) is 10.8 Å². The highest BCUT2D eigenvalue weighted by Gasteiger charge is 2.04. The van der Waals surface area contributed by atoms with E-state index >= 15 is 0 Å². The van der Waals surface area contributed by atoms with Crippen molar-refractivity contribution in [1.82, 2.24) is 0 Å². The molecule has 3 heteroatoms. The number of hydrogen-bond donors (Lipinski definition) is 2. The highest BCUT2D eigenvalue weighted by molar-refractivity contribution is 5.81. The molecule has 0 spiro atoms. The summed E-state index contributed by atoms with van der Waals surface area (Å²) in [7, 11) is 0. The van der Waals surface area contributed by atoms with E-state index in [0.29, 0.717) is 0 Å². The summed E-state index contributed by atoms with van der Waals surface area (Å²) in [5, 5.41) is 9.03. The third-order valence-corrected chi connectivity index (χ3v) is 1.56. The molecule has 0 saturated carbocycles. The second kappa shape index (κ2) is 4.42. The molecule has 0 radical (unpaired) electrons. The molecule has 0 saturated heterocycles. The average molecular weight is 177 g/mol. The third kappa shape index (κ3) is 3.09. The fourth-order valence-corrected chi connectivity index (χ4v) is 0.861. The summed E-state index contributed by atoms with van der Waals surface area (Å²) in [6, 6.07) is 9.36. The molecule has 1 atom stereocenters. The first-order valence-corrected chi connectivity index (χ1v) is 3.91. The molecule has 3 nitrogen and oxygen atoms in total. The lowest BCUT2D eigenvalue weighted by Crippen LogP contribution is -2.25. The van der Waals surface area contributed by atoms with E-state index < -0.39 is 12.0 Å². The van der Waals surface area contributed by atoms with Crippen LogP contribution in [0, 0.1) is 0 Å². The smallest absolute Gasteiger partial charge is 0.250 e. The first-order valence-electron chi connectivity index (χ1n) is 3.91. The van der Waals surface area contributed by atoms with Gasteiger partial charge in [-0.3, -0.25) is 4.79 Å². The Labute approximate surface area is 76.5 Å². The second-order valence-electron chi connectivity index (χ2n) is 2.62. The van der Waals surface area contributed by atoms with Gasteiger partial charge in [0, 0.05) is 0 Å². The number of amides is 1. The largest absolute Gasteiger partial charge is 0.379 e. The number of carbonyl (C=O) groups excluding carboxylic acids is 1. The Kier molecular flexibility index (Phi) is 3.23. The van der Waals surface area contributed by atoms with Gasteiger partial charge in [-0.05, 0) is 11.6 Å². The van der Waals surface area contributed by atoms with Crippen LogP contribution in [-0.4, -0.2) is 17.1 Å². The van der Waals surface area contributed by atoms with Gasteiger partial charge in [0.15, 0.2) is 6.10 Å². The number of hydrogen-bond acceptors (Lipinski definition) is 2. The molecule has 1 unspecified atom stereocenters. The molecule has 0 fully saturated rings. The maximum absolute atomic E-state index is 10.4. The van der Waals surface area contributed by atoms with Crippen molar-refractivity contribution in [1.29, 1.82) is 0 Å². The predicted molar refractivity (Wildman–Crippen MR) is 50.7 cm³/mol. The fourth-order valence-electron chi connectivity index (χ4n) is 0.861. The Morgan fingerprint density at radius 3 is 2.54 bits per heavy atom. The zero-order valence-corrected chi connectivity index (χ0v) is 7.05. The Morgan fingerprint density at radius 2 is 2.00 bits per heavy atom. The van der Waals surface area contributed by atoms with Gasteiger partial charge in [0.2, 0.25) is 5.91 Å². The molecule has 1 aromatic carbocycles. The minimum absolute atomic E-state index is 0.743. The van der Waals surface area contributed by atoms with Crippen LogP contribution in [0.4, 0.5) is 0 Å². The number of carbonyl (C=O) groups is 1. The van der Waals surface area contributed by atoms with E-state index in [-0.39, 0.29) is 0 Å². The van der Waals surface area contributed by atoms with Crippen molar-refractivity contribution in [2.24, 2.45) is 5.73 Å². The summed E-state index contributed by atoms with van der Waals surface area (Å²) in [4.78, 5) is 10.4. The molecule has 68 valence electrons. The molecule has 13 heavy (non-hydrogen) atoms. The van der Waals surface area contributed by atoms with Gasteiger partial charge in [-0.15, -0.1) is 0 Å². The average Bonchev–Trinajstić information content (AvgIpc) is 2.15. The standard InChI is InChI=1S/C10H11NO2/c11-10(13)9(12)7-6-8-4-2-1-3-5-8/h1-7,9,12H,(H2,11,13). The quantitative estimate of drug-likeness (QED) is 0.708. The zero-order chi connectivity index (χ0) is 9.68. The van der Waals surface area contributed by atoms with Gasteiger partial charge >= 0.3 is 0 Å². The number of nitrogens with two attached hydrogens (primary N) is 1. The number of aliphatic hydroxyl groups is 1. The summed E-state index contributed by atoms with van der Waals surface area (Å²) in [6.07, 6.45) is 1.80. The Balaban J connectivity index is 2.64. The van der Waals surface area contributed by atoms with E-state index in [1.807, 2.05) is 30.3 Å². The molecular weight excluding hydrogens is 166 g/mol. The van der Waals surface area contributed by atoms with Crippen molar-refractivity contribution in [2.75, 3.05) is 0 Å². The molecule has 3 N–H and O–H groups in total. The molecule has 0 aliphatic carbocycles. The lowest BCUT2D eigenvalue weighted by molar-refractivity contribution is -0.123. The molecule has 1 aromatic rings. The third-order valence-electron chi connectivity index (χ3n) is 1.56. The number of benzene rings is 1. The lowest BCUT2D eigenvalue weighted by Gasteiger charge is -1.97. The van der Waals surface area contributed by atoms with Gasteiger partial charge in [-0.2, -0.15) is 0 Å². The SMILES string of the molecule is NC(=O)C(O)C=Cc1ccccc1. The summed E-state index contributed by atoms with van der Waals surface area (Å²) in [5.41, 5.74) is 5.78. The van der Waals surface area contributed by atoms with E-state index in [0.717, 1.165) is 5.56 Å². The van der Waals surface area contributed by atoms with Crippen LogP contribution in [0.5, 0.6) is 0 Å². The Hall–Kier alpha value is -1.61. The van der Waals surface area contributed by atoms with Crippen LogP contribution in [0.1, 0.15) is 5.56 Å². The summed E-state index contributed by atoms with van der Waals surface area (Å²) < 4.78 is 0. The topological polar surface area (TPSA) is 63.3 Å². The van der Waals surface area contributed by atoms with Crippen LogP contribution in [0.15, 0.2) is 36.4 Å². The predicted octanol–water partition coefficient (Wildman–Crippen LogP) is 0.546. The molecule has 0 aliphatic heterocycles. The van der Waals surface area contributed by atoms with Crippen molar-refractivity contribution in [2.45, 2.75) is 6.10 Å². The number of rotatable bonds is 3. The number of primary amides is 1. The van der Waals surface area contributed by atoms with Crippen LogP contribution < -0.4 is 5.73 Å². The monoisotopic (exact) mass is 177 g/mol. The van der Waals surface area contributed by atoms with Crippen LogP contribution in [-0.2, 0) is 4.79 Å². The van der Waals surface area contributed by atoms with Gasteiger partial charge in [-0.1, -0.05) is 36.4 Å². The molecule has 1 rings (SSSR count). The van der Waals surface area contributed by atoms with Gasteiger partial charge in [0.05, 0.1) is 0 Å².